The van der Waals surface area contributed by atoms with Crippen molar-refractivity contribution in [2.24, 2.45) is 0 Å². The van der Waals surface area contributed by atoms with E-state index in [4.69, 9.17) is 0 Å². The minimum Gasteiger partial charge on any atom is -0.406 e. The van der Waals surface area contributed by atoms with Gasteiger partial charge in [0.05, 0.1) is 23.3 Å². The van der Waals surface area contributed by atoms with Crippen molar-refractivity contribution >= 4 is 38.5 Å². The van der Waals surface area contributed by atoms with Crippen molar-refractivity contribution in [3.8, 4) is 5.75 Å². The van der Waals surface area contributed by atoms with Gasteiger partial charge in [0.1, 0.15) is 5.75 Å². The van der Waals surface area contributed by atoms with Gasteiger partial charge in [0.15, 0.2) is 5.13 Å². The molecule has 2 N–H and O–H groups in total. The molecule has 0 radical (unpaired) electrons. The van der Waals surface area contributed by atoms with Gasteiger partial charge in [-0.1, -0.05) is 11.3 Å². The summed E-state index contributed by atoms with van der Waals surface area (Å²) in [4.78, 5) is 28.9. The van der Waals surface area contributed by atoms with E-state index in [1.54, 1.807) is 7.05 Å². The predicted octanol–water partition coefficient (Wildman–Crippen LogP) is 1.81. The number of likely N-dealkylation sites (N-methyl/N-ethyl adjacent to an activating group) is 2. The molecule has 25 heavy (non-hydrogen) atoms. The molecule has 0 unspecified atom stereocenters. The molecule has 0 bridgehead atoms. The number of alkyl halides is 3. The Morgan fingerprint density at radius 2 is 2.08 bits per heavy atom. The van der Waals surface area contributed by atoms with Crippen LogP contribution >= 0.6 is 11.3 Å². The minimum absolute atomic E-state index is 0.104. The van der Waals surface area contributed by atoms with Gasteiger partial charge in [0.2, 0.25) is 11.8 Å². The third-order valence-corrected chi connectivity index (χ3v) is 3.91. The zero-order chi connectivity index (χ0) is 18.6. The first-order chi connectivity index (χ1) is 11.7. The molecule has 136 valence electrons. The lowest BCUT2D eigenvalue weighted by molar-refractivity contribution is -0.274. The molecular formula is C14H15F3N4O3S. The molecule has 1 aromatic carbocycles. The molecule has 7 nitrogen and oxygen atoms in total. The number of benzene rings is 1. The summed E-state index contributed by atoms with van der Waals surface area (Å²) >= 11 is 1.01. The molecule has 2 aromatic rings. The summed E-state index contributed by atoms with van der Waals surface area (Å²) in [7, 11) is 3.10. The predicted molar refractivity (Wildman–Crippen MR) is 86.5 cm³/mol. The number of amides is 2. The maximum Gasteiger partial charge on any atom is 0.573 e. The van der Waals surface area contributed by atoms with E-state index in [9.17, 15) is 22.8 Å². The summed E-state index contributed by atoms with van der Waals surface area (Å²) in [6, 6.07) is 3.70. The molecule has 0 aliphatic heterocycles. The van der Waals surface area contributed by atoms with Crippen LogP contribution in [-0.4, -0.2) is 55.2 Å². The maximum atomic E-state index is 12.2. The van der Waals surface area contributed by atoms with E-state index in [1.807, 2.05) is 0 Å². The topological polar surface area (TPSA) is 83.6 Å². The van der Waals surface area contributed by atoms with Crippen molar-refractivity contribution < 1.29 is 27.5 Å². The van der Waals surface area contributed by atoms with Crippen LogP contribution in [0.25, 0.3) is 10.2 Å². The van der Waals surface area contributed by atoms with Crippen LogP contribution in [0.2, 0.25) is 0 Å². The monoisotopic (exact) mass is 376 g/mol. The molecule has 2 amide bonds. The Bertz CT molecular complexity index is 778. The fourth-order valence-electron chi connectivity index (χ4n) is 1.90. The molecule has 2 rings (SSSR count). The molecular weight excluding hydrogens is 361 g/mol. The third-order valence-electron chi connectivity index (χ3n) is 2.97. The second-order valence-corrected chi connectivity index (χ2v) is 6.06. The van der Waals surface area contributed by atoms with E-state index >= 15 is 0 Å². The molecule has 1 heterocycles. The van der Waals surface area contributed by atoms with Crippen molar-refractivity contribution in [1.82, 2.24) is 15.2 Å². The number of ether oxygens (including phenoxy) is 1. The Morgan fingerprint density at radius 1 is 1.36 bits per heavy atom. The Kier molecular flexibility index (Phi) is 5.80. The second-order valence-electron chi connectivity index (χ2n) is 5.02. The first-order valence-corrected chi connectivity index (χ1v) is 7.84. The number of anilines is 1. The number of rotatable bonds is 6. The molecule has 0 atom stereocenters. The van der Waals surface area contributed by atoms with E-state index in [0.717, 1.165) is 17.4 Å². The number of hydrogen-bond acceptors (Lipinski definition) is 6. The van der Waals surface area contributed by atoms with Gasteiger partial charge >= 0.3 is 6.36 Å². The SMILES string of the molecule is CNCC(=O)N(C)CC(=O)Nc1nc2ccc(OC(F)(F)F)cc2s1. The number of nitrogens with one attached hydrogen (secondary N) is 2. The zero-order valence-corrected chi connectivity index (χ0v) is 14.1. The Hall–Kier alpha value is -2.40. The molecule has 11 heteroatoms. The summed E-state index contributed by atoms with van der Waals surface area (Å²) < 4.78 is 41.0. The van der Waals surface area contributed by atoms with Crippen LogP contribution in [-0.2, 0) is 9.59 Å². The fourth-order valence-corrected chi connectivity index (χ4v) is 2.81. The highest BCUT2D eigenvalue weighted by Gasteiger charge is 2.31. The van der Waals surface area contributed by atoms with Crippen LogP contribution in [0.4, 0.5) is 18.3 Å². The molecule has 0 aliphatic rings. The lowest BCUT2D eigenvalue weighted by Gasteiger charge is -2.15. The number of carbonyl (C=O) groups excluding carboxylic acids is 2. The van der Waals surface area contributed by atoms with Crippen molar-refractivity contribution in [1.29, 1.82) is 0 Å². The Labute approximate surface area is 144 Å². The van der Waals surface area contributed by atoms with Crippen LogP contribution in [0.15, 0.2) is 18.2 Å². The van der Waals surface area contributed by atoms with Gasteiger partial charge in [-0.25, -0.2) is 4.98 Å². The third kappa shape index (κ3) is 5.57. The van der Waals surface area contributed by atoms with Crippen molar-refractivity contribution in [2.75, 3.05) is 32.5 Å². The lowest BCUT2D eigenvalue weighted by Crippen LogP contribution is -2.39. The number of thiazole rings is 1. The van der Waals surface area contributed by atoms with E-state index in [-0.39, 0.29) is 29.9 Å². The smallest absolute Gasteiger partial charge is 0.406 e. The standard InChI is InChI=1S/C14H15F3N4O3S/c1-18-6-12(23)21(2)7-11(22)20-13-19-9-4-3-8(5-10(9)25-13)24-14(15,16)17/h3-5,18H,6-7H2,1-2H3,(H,19,20,22). The van der Waals surface area contributed by atoms with Crippen LogP contribution < -0.4 is 15.4 Å². The molecule has 0 spiro atoms. The second kappa shape index (κ2) is 7.66. The van der Waals surface area contributed by atoms with Crippen LogP contribution in [0.5, 0.6) is 5.75 Å². The Morgan fingerprint density at radius 3 is 2.72 bits per heavy atom. The first-order valence-electron chi connectivity index (χ1n) is 7.02. The van der Waals surface area contributed by atoms with Gasteiger partial charge in [-0.15, -0.1) is 13.2 Å². The summed E-state index contributed by atoms with van der Waals surface area (Å²) in [6.07, 6.45) is -4.78. The van der Waals surface area contributed by atoms with Gasteiger partial charge in [-0.3, -0.25) is 9.59 Å². The molecule has 0 saturated heterocycles. The zero-order valence-electron chi connectivity index (χ0n) is 13.3. The summed E-state index contributed by atoms with van der Waals surface area (Å²) in [5, 5.41) is 5.42. The normalized spacial score (nSPS) is 11.4. The van der Waals surface area contributed by atoms with E-state index in [0.29, 0.717) is 10.2 Å². The van der Waals surface area contributed by atoms with Crippen LogP contribution in [0.1, 0.15) is 0 Å². The summed E-state index contributed by atoms with van der Waals surface area (Å²) in [5.41, 5.74) is 0.425. The van der Waals surface area contributed by atoms with Crippen LogP contribution in [0.3, 0.4) is 0 Å². The average Bonchev–Trinajstić information content (AvgIpc) is 2.86. The van der Waals surface area contributed by atoms with E-state index in [2.05, 4.69) is 20.4 Å². The number of nitrogens with zero attached hydrogens (tertiary/aromatic N) is 2. The van der Waals surface area contributed by atoms with E-state index < -0.39 is 12.3 Å². The van der Waals surface area contributed by atoms with Crippen molar-refractivity contribution in [3.63, 3.8) is 0 Å². The molecule has 1 aromatic heterocycles. The van der Waals surface area contributed by atoms with E-state index in [1.165, 1.54) is 24.1 Å². The van der Waals surface area contributed by atoms with Gasteiger partial charge in [0.25, 0.3) is 0 Å². The van der Waals surface area contributed by atoms with Gasteiger partial charge < -0.3 is 20.3 Å². The first kappa shape index (κ1) is 18.9. The maximum absolute atomic E-state index is 12.2. The number of hydrogen-bond donors (Lipinski definition) is 2. The number of halogens is 3. The van der Waals surface area contributed by atoms with Crippen molar-refractivity contribution in [2.45, 2.75) is 6.36 Å². The van der Waals surface area contributed by atoms with Gasteiger partial charge in [0, 0.05) is 13.1 Å². The highest BCUT2D eigenvalue weighted by Crippen LogP contribution is 2.31. The average molecular weight is 376 g/mol. The highest BCUT2D eigenvalue weighted by atomic mass is 32.1. The Balaban J connectivity index is 2.04. The number of fused-ring (bicyclic) bond motifs is 1. The highest BCUT2D eigenvalue weighted by molar-refractivity contribution is 7.22. The number of aromatic nitrogens is 1. The molecule has 0 fully saturated rings. The minimum atomic E-state index is -4.78. The fraction of sp³-hybridized carbons (Fsp3) is 0.357. The quantitative estimate of drug-likeness (QED) is 0.804. The largest absolute Gasteiger partial charge is 0.573 e. The molecule has 0 aliphatic carbocycles. The van der Waals surface area contributed by atoms with Crippen molar-refractivity contribution in [3.05, 3.63) is 18.2 Å². The molecule has 0 saturated carbocycles. The lowest BCUT2D eigenvalue weighted by atomic mass is 10.3. The van der Waals surface area contributed by atoms with Gasteiger partial charge in [-0.05, 0) is 19.2 Å². The summed E-state index contributed by atoms with van der Waals surface area (Å²) in [5.74, 6) is -1.08. The van der Waals surface area contributed by atoms with Crippen LogP contribution in [0, 0.1) is 0 Å². The van der Waals surface area contributed by atoms with Gasteiger partial charge in [-0.2, -0.15) is 0 Å². The summed E-state index contributed by atoms with van der Waals surface area (Å²) in [6.45, 7) is -0.0637. The number of carbonyl (C=O) groups is 2.